The van der Waals surface area contributed by atoms with E-state index in [0.717, 1.165) is 11.6 Å². The summed E-state index contributed by atoms with van der Waals surface area (Å²) in [6, 6.07) is 8.85. The Balaban J connectivity index is 2.04. The topological polar surface area (TPSA) is 113 Å². The molecule has 0 aliphatic heterocycles. The van der Waals surface area contributed by atoms with Crippen LogP contribution in [0.3, 0.4) is 0 Å². The number of benzene rings is 2. The minimum Gasteiger partial charge on any atom is -0.504 e. The molecule has 5 N–H and O–H groups in total. The molecule has 0 aliphatic rings. The Hall–Kier alpha value is -2.99. The molecule has 0 atom stereocenters. The maximum Gasteiger partial charge on any atom is 0.336 e. The van der Waals surface area contributed by atoms with Crippen molar-refractivity contribution in [2.24, 2.45) is 5.73 Å². The van der Waals surface area contributed by atoms with Crippen LogP contribution in [0.5, 0.6) is 23.0 Å². The van der Waals surface area contributed by atoms with Crippen molar-refractivity contribution in [3.63, 3.8) is 0 Å². The summed E-state index contributed by atoms with van der Waals surface area (Å²) in [5.41, 5.74) is 6.80. The smallest absolute Gasteiger partial charge is 0.336 e. The van der Waals surface area contributed by atoms with Gasteiger partial charge in [0.1, 0.15) is 0 Å². The van der Waals surface area contributed by atoms with E-state index in [1.165, 1.54) is 36.4 Å². The van der Waals surface area contributed by atoms with Crippen LogP contribution in [0.15, 0.2) is 42.5 Å². The molecule has 0 spiro atoms. The van der Waals surface area contributed by atoms with Gasteiger partial charge in [-0.15, -0.1) is 0 Å². The van der Waals surface area contributed by atoms with Gasteiger partial charge >= 0.3 is 5.97 Å². The van der Waals surface area contributed by atoms with E-state index in [1.807, 2.05) is 0 Å². The lowest BCUT2D eigenvalue weighted by Crippen LogP contribution is -2.05. The molecule has 6 nitrogen and oxygen atoms in total. The SMILES string of the molecule is NCCc1ccc(OC(=O)/C=C/c2ccc(O)c(O)c2)c(O)c1. The van der Waals surface area contributed by atoms with Crippen LogP contribution in [0.4, 0.5) is 0 Å². The van der Waals surface area contributed by atoms with Gasteiger partial charge in [-0.25, -0.2) is 4.79 Å². The average Bonchev–Trinajstić information content (AvgIpc) is 2.51. The maximum atomic E-state index is 11.7. The summed E-state index contributed by atoms with van der Waals surface area (Å²) in [4.78, 5) is 11.7. The van der Waals surface area contributed by atoms with Gasteiger partial charge in [-0.2, -0.15) is 0 Å². The summed E-state index contributed by atoms with van der Waals surface area (Å²) in [5, 5.41) is 28.4. The van der Waals surface area contributed by atoms with E-state index < -0.39 is 5.97 Å². The third kappa shape index (κ3) is 4.49. The molecule has 0 amide bonds. The Labute approximate surface area is 133 Å². The van der Waals surface area contributed by atoms with Gasteiger partial charge in [0.05, 0.1) is 0 Å². The summed E-state index contributed by atoms with van der Waals surface area (Å²) >= 11 is 0. The van der Waals surface area contributed by atoms with E-state index >= 15 is 0 Å². The first-order valence-electron chi connectivity index (χ1n) is 6.93. The van der Waals surface area contributed by atoms with Crippen LogP contribution in [-0.4, -0.2) is 27.8 Å². The fourth-order valence-corrected chi connectivity index (χ4v) is 1.92. The Morgan fingerprint density at radius 1 is 1.04 bits per heavy atom. The lowest BCUT2D eigenvalue weighted by Gasteiger charge is -2.06. The highest BCUT2D eigenvalue weighted by Crippen LogP contribution is 2.28. The quantitative estimate of drug-likeness (QED) is 0.290. The molecule has 2 aromatic carbocycles. The Bertz CT molecular complexity index is 740. The van der Waals surface area contributed by atoms with Crippen molar-refractivity contribution in [2.75, 3.05) is 6.54 Å². The number of hydrogen-bond acceptors (Lipinski definition) is 6. The van der Waals surface area contributed by atoms with Crippen molar-refractivity contribution in [3.8, 4) is 23.0 Å². The molecule has 0 fully saturated rings. The second-order valence-electron chi connectivity index (χ2n) is 4.84. The molecule has 0 bridgehead atoms. The number of rotatable bonds is 5. The number of nitrogens with two attached hydrogens (primary N) is 1. The van der Waals surface area contributed by atoms with E-state index in [0.29, 0.717) is 18.5 Å². The molecule has 23 heavy (non-hydrogen) atoms. The third-order valence-corrected chi connectivity index (χ3v) is 3.08. The molecule has 0 aliphatic carbocycles. The minimum atomic E-state index is -0.681. The Kier molecular flexibility index (Phi) is 5.22. The summed E-state index contributed by atoms with van der Waals surface area (Å²) in [6.45, 7) is 0.459. The first kappa shape index (κ1) is 16.4. The Morgan fingerprint density at radius 3 is 2.48 bits per heavy atom. The summed E-state index contributed by atoms with van der Waals surface area (Å²) in [7, 11) is 0. The zero-order valence-corrected chi connectivity index (χ0v) is 12.3. The van der Waals surface area contributed by atoms with Crippen LogP contribution >= 0.6 is 0 Å². The molecule has 2 aromatic rings. The zero-order chi connectivity index (χ0) is 16.8. The fraction of sp³-hybridized carbons (Fsp3) is 0.118. The molecule has 0 unspecified atom stereocenters. The van der Waals surface area contributed by atoms with E-state index in [-0.39, 0.29) is 23.0 Å². The van der Waals surface area contributed by atoms with Crippen molar-refractivity contribution < 1.29 is 24.9 Å². The predicted octanol–water partition coefficient (Wildman–Crippen LogP) is 1.92. The van der Waals surface area contributed by atoms with Gasteiger partial charge in [-0.1, -0.05) is 12.1 Å². The molecule has 0 aromatic heterocycles. The van der Waals surface area contributed by atoms with E-state index in [4.69, 9.17) is 10.5 Å². The number of phenolic OH excluding ortho intramolecular Hbond substituents is 3. The third-order valence-electron chi connectivity index (χ3n) is 3.08. The van der Waals surface area contributed by atoms with Crippen LogP contribution in [-0.2, 0) is 11.2 Å². The first-order valence-corrected chi connectivity index (χ1v) is 6.93. The highest BCUT2D eigenvalue weighted by atomic mass is 16.5. The second kappa shape index (κ2) is 7.33. The van der Waals surface area contributed by atoms with Crippen LogP contribution < -0.4 is 10.5 Å². The van der Waals surface area contributed by atoms with Crippen LogP contribution in [0.2, 0.25) is 0 Å². The van der Waals surface area contributed by atoms with E-state index in [2.05, 4.69) is 0 Å². The summed E-state index contributed by atoms with van der Waals surface area (Å²) in [5.74, 6) is -1.30. The summed E-state index contributed by atoms with van der Waals surface area (Å²) < 4.78 is 5.04. The normalized spacial score (nSPS) is 10.8. The Morgan fingerprint density at radius 2 is 1.83 bits per heavy atom. The molecular formula is C17H17NO5. The highest BCUT2D eigenvalue weighted by molar-refractivity contribution is 5.89. The second-order valence-corrected chi connectivity index (χ2v) is 4.84. The van der Waals surface area contributed by atoms with Crippen molar-refractivity contribution in [2.45, 2.75) is 6.42 Å². The van der Waals surface area contributed by atoms with Crippen LogP contribution in [0, 0.1) is 0 Å². The van der Waals surface area contributed by atoms with Crippen LogP contribution in [0.1, 0.15) is 11.1 Å². The van der Waals surface area contributed by atoms with Gasteiger partial charge in [-0.05, 0) is 54.4 Å². The number of aromatic hydroxyl groups is 3. The van der Waals surface area contributed by atoms with Crippen molar-refractivity contribution in [1.82, 2.24) is 0 Å². The number of carbonyl (C=O) groups is 1. The molecule has 0 saturated heterocycles. The number of phenols is 3. The molecule has 2 rings (SSSR count). The molecule has 120 valence electrons. The van der Waals surface area contributed by atoms with Gasteiger partial charge in [-0.3, -0.25) is 0 Å². The van der Waals surface area contributed by atoms with Gasteiger partial charge in [0.25, 0.3) is 0 Å². The average molecular weight is 315 g/mol. The van der Waals surface area contributed by atoms with E-state index in [9.17, 15) is 20.1 Å². The zero-order valence-electron chi connectivity index (χ0n) is 12.3. The number of hydrogen-bond donors (Lipinski definition) is 4. The van der Waals surface area contributed by atoms with Crippen molar-refractivity contribution in [3.05, 3.63) is 53.6 Å². The highest BCUT2D eigenvalue weighted by Gasteiger charge is 2.07. The fourth-order valence-electron chi connectivity index (χ4n) is 1.92. The van der Waals surface area contributed by atoms with Crippen LogP contribution in [0.25, 0.3) is 6.08 Å². The maximum absolute atomic E-state index is 11.7. The standard InChI is InChI=1S/C17H17NO5/c18-8-7-12-2-5-16(15(21)10-12)23-17(22)6-3-11-1-4-13(19)14(20)9-11/h1-6,9-10,19-21H,7-8,18H2/b6-3+. The minimum absolute atomic E-state index is 0.0500. The lowest BCUT2D eigenvalue weighted by atomic mass is 10.1. The number of carbonyl (C=O) groups excluding carboxylic acids is 1. The lowest BCUT2D eigenvalue weighted by molar-refractivity contribution is -0.129. The predicted molar refractivity (Wildman–Crippen MR) is 85.3 cm³/mol. The van der Waals surface area contributed by atoms with Gasteiger partial charge in [0, 0.05) is 6.08 Å². The van der Waals surface area contributed by atoms with Gasteiger partial charge < -0.3 is 25.8 Å². The van der Waals surface area contributed by atoms with E-state index in [1.54, 1.807) is 6.07 Å². The summed E-state index contributed by atoms with van der Waals surface area (Å²) in [6.07, 6.45) is 3.19. The monoisotopic (exact) mass is 315 g/mol. The first-order chi connectivity index (χ1) is 11.0. The van der Waals surface area contributed by atoms with Gasteiger partial charge in [0.2, 0.25) is 0 Å². The molecule has 0 radical (unpaired) electrons. The molecule has 0 heterocycles. The molecular weight excluding hydrogens is 298 g/mol. The number of ether oxygens (including phenoxy) is 1. The van der Waals surface area contributed by atoms with Crippen molar-refractivity contribution >= 4 is 12.0 Å². The largest absolute Gasteiger partial charge is 0.504 e. The van der Waals surface area contributed by atoms with Gasteiger partial charge in [0.15, 0.2) is 23.0 Å². The number of esters is 1. The molecule has 6 heteroatoms. The molecule has 0 saturated carbocycles. The van der Waals surface area contributed by atoms with Crippen molar-refractivity contribution in [1.29, 1.82) is 0 Å².